The molecule has 5 heteroatoms. The molecular formula is C14H12N4S. The van der Waals surface area contributed by atoms with E-state index >= 15 is 0 Å². The zero-order valence-corrected chi connectivity index (χ0v) is 11.5. The molecule has 0 fully saturated rings. The van der Waals surface area contributed by atoms with E-state index in [0.29, 0.717) is 5.75 Å². The van der Waals surface area contributed by atoms with Crippen LogP contribution in [-0.4, -0.2) is 20.4 Å². The van der Waals surface area contributed by atoms with Gasteiger partial charge in [0.25, 0.3) is 0 Å². The number of aromatic nitrogens is 3. The molecule has 2 heterocycles. The highest BCUT2D eigenvalue weighted by Gasteiger charge is 2.12. The number of nitriles is 1. The minimum absolute atomic E-state index is 0.377. The van der Waals surface area contributed by atoms with E-state index in [1.54, 1.807) is 0 Å². The van der Waals surface area contributed by atoms with E-state index in [9.17, 15) is 0 Å². The zero-order valence-electron chi connectivity index (χ0n) is 10.7. The van der Waals surface area contributed by atoms with Gasteiger partial charge in [-0.3, -0.25) is 4.40 Å². The minimum atomic E-state index is 0.377. The number of aryl methyl sites for hydroxylation is 2. The Hall–Kier alpha value is -2.06. The summed E-state index contributed by atoms with van der Waals surface area (Å²) in [6, 6.07) is 10.4. The van der Waals surface area contributed by atoms with Crippen LogP contribution in [0.2, 0.25) is 0 Å². The number of benzene rings is 1. The van der Waals surface area contributed by atoms with Crippen molar-refractivity contribution in [3.05, 3.63) is 35.4 Å². The highest BCUT2D eigenvalue weighted by Crippen LogP contribution is 2.27. The van der Waals surface area contributed by atoms with Crippen LogP contribution in [-0.2, 0) is 0 Å². The van der Waals surface area contributed by atoms with Crippen molar-refractivity contribution in [1.29, 1.82) is 5.26 Å². The lowest BCUT2D eigenvalue weighted by molar-refractivity contribution is 0.940. The second-order valence-electron chi connectivity index (χ2n) is 4.42. The Morgan fingerprint density at radius 2 is 2.11 bits per heavy atom. The summed E-state index contributed by atoms with van der Waals surface area (Å²) in [5.74, 6) is 0.377. The molecule has 0 radical (unpaired) electrons. The Morgan fingerprint density at radius 3 is 2.89 bits per heavy atom. The summed E-state index contributed by atoms with van der Waals surface area (Å²) in [5, 5.41) is 19.1. The first-order valence-electron chi connectivity index (χ1n) is 5.96. The van der Waals surface area contributed by atoms with Crippen molar-refractivity contribution in [2.75, 3.05) is 5.75 Å². The predicted molar refractivity (Wildman–Crippen MR) is 76.3 cm³/mol. The number of para-hydroxylation sites is 1. The summed E-state index contributed by atoms with van der Waals surface area (Å²) in [6.07, 6.45) is 0. The lowest BCUT2D eigenvalue weighted by Crippen LogP contribution is -1.95. The van der Waals surface area contributed by atoms with Gasteiger partial charge in [0.2, 0.25) is 0 Å². The number of fused-ring (bicyclic) bond motifs is 3. The predicted octanol–water partition coefficient (Wildman–Crippen LogP) is 3.12. The van der Waals surface area contributed by atoms with Crippen molar-refractivity contribution in [2.24, 2.45) is 0 Å². The smallest absolute Gasteiger partial charge is 0.197 e. The standard InChI is InChI=1S/C14H12N4S/c1-9-4-3-5-11-10(2)8-12-16-17-14(19-7-6-15)18(12)13(9)11/h3-5,8H,7H2,1-2H3. The average Bonchev–Trinajstić information content (AvgIpc) is 2.79. The van der Waals surface area contributed by atoms with Gasteiger partial charge in [0.15, 0.2) is 10.8 Å². The molecule has 3 rings (SSSR count). The van der Waals surface area contributed by atoms with Gasteiger partial charge in [0.05, 0.1) is 17.3 Å². The number of hydrogen-bond acceptors (Lipinski definition) is 4. The van der Waals surface area contributed by atoms with Crippen molar-refractivity contribution in [2.45, 2.75) is 19.0 Å². The van der Waals surface area contributed by atoms with Gasteiger partial charge in [-0.05, 0) is 31.0 Å². The van der Waals surface area contributed by atoms with Crippen molar-refractivity contribution < 1.29 is 0 Å². The molecule has 0 saturated heterocycles. The summed E-state index contributed by atoms with van der Waals surface area (Å²) >= 11 is 1.41. The Balaban J connectivity index is 2.42. The quantitative estimate of drug-likeness (QED) is 0.670. The fraction of sp³-hybridized carbons (Fsp3) is 0.214. The lowest BCUT2D eigenvalue weighted by Gasteiger charge is -2.09. The van der Waals surface area contributed by atoms with Gasteiger partial charge in [-0.25, -0.2) is 0 Å². The first kappa shape index (κ1) is 12.0. The van der Waals surface area contributed by atoms with Gasteiger partial charge >= 0.3 is 0 Å². The molecule has 1 aromatic carbocycles. The second kappa shape index (κ2) is 4.56. The van der Waals surface area contributed by atoms with Gasteiger partial charge in [-0.1, -0.05) is 30.0 Å². The molecule has 0 amide bonds. The molecule has 3 aromatic rings. The maximum atomic E-state index is 8.72. The highest BCUT2D eigenvalue weighted by molar-refractivity contribution is 7.99. The second-order valence-corrected chi connectivity index (χ2v) is 5.36. The summed E-state index contributed by atoms with van der Waals surface area (Å²) < 4.78 is 2.04. The first-order valence-corrected chi connectivity index (χ1v) is 6.94. The highest BCUT2D eigenvalue weighted by atomic mass is 32.2. The summed E-state index contributed by atoms with van der Waals surface area (Å²) in [6.45, 7) is 4.17. The zero-order chi connectivity index (χ0) is 13.4. The third-order valence-electron chi connectivity index (χ3n) is 3.16. The van der Waals surface area contributed by atoms with Crippen LogP contribution in [0.3, 0.4) is 0 Å². The van der Waals surface area contributed by atoms with Gasteiger partial charge < -0.3 is 0 Å². The fourth-order valence-corrected chi connectivity index (χ4v) is 2.93. The van der Waals surface area contributed by atoms with Gasteiger partial charge in [0, 0.05) is 5.39 Å². The largest absolute Gasteiger partial charge is 0.270 e. The molecule has 94 valence electrons. The van der Waals surface area contributed by atoms with Crippen LogP contribution < -0.4 is 0 Å². The van der Waals surface area contributed by atoms with Crippen molar-refractivity contribution in [1.82, 2.24) is 14.6 Å². The molecule has 2 aromatic heterocycles. The Morgan fingerprint density at radius 1 is 1.26 bits per heavy atom. The lowest BCUT2D eigenvalue weighted by atomic mass is 10.1. The third kappa shape index (κ3) is 1.85. The fourth-order valence-electron chi connectivity index (χ4n) is 2.32. The minimum Gasteiger partial charge on any atom is -0.270 e. The molecule has 0 N–H and O–H groups in total. The average molecular weight is 268 g/mol. The van der Waals surface area contributed by atoms with Crippen LogP contribution in [0.15, 0.2) is 29.4 Å². The van der Waals surface area contributed by atoms with Gasteiger partial charge in [0.1, 0.15) is 0 Å². The molecule has 0 atom stereocenters. The normalized spacial score (nSPS) is 11.0. The molecule has 4 nitrogen and oxygen atoms in total. The van der Waals surface area contributed by atoms with Crippen LogP contribution in [0.1, 0.15) is 11.1 Å². The maximum Gasteiger partial charge on any atom is 0.197 e. The number of pyridine rings is 1. The van der Waals surface area contributed by atoms with Crippen LogP contribution in [0.25, 0.3) is 16.6 Å². The van der Waals surface area contributed by atoms with Crippen molar-refractivity contribution >= 4 is 28.3 Å². The monoisotopic (exact) mass is 268 g/mol. The Kier molecular flexibility index (Phi) is 2.88. The molecule has 0 aliphatic heterocycles. The van der Waals surface area contributed by atoms with E-state index in [-0.39, 0.29) is 0 Å². The summed E-state index contributed by atoms with van der Waals surface area (Å²) in [5.41, 5.74) is 4.34. The number of rotatable bonds is 2. The molecule has 0 bridgehead atoms. The van der Waals surface area contributed by atoms with E-state index in [2.05, 4.69) is 48.3 Å². The van der Waals surface area contributed by atoms with E-state index < -0.39 is 0 Å². The van der Waals surface area contributed by atoms with Gasteiger partial charge in [-0.2, -0.15) is 5.26 Å². The maximum absolute atomic E-state index is 8.72. The summed E-state index contributed by atoms with van der Waals surface area (Å²) in [7, 11) is 0. The number of hydrogen-bond donors (Lipinski definition) is 0. The third-order valence-corrected chi connectivity index (χ3v) is 3.95. The van der Waals surface area contributed by atoms with E-state index in [0.717, 1.165) is 16.3 Å². The molecule has 19 heavy (non-hydrogen) atoms. The van der Waals surface area contributed by atoms with Crippen molar-refractivity contribution in [3.8, 4) is 6.07 Å². The topological polar surface area (TPSA) is 54.0 Å². The molecule has 0 saturated carbocycles. The van der Waals surface area contributed by atoms with Crippen LogP contribution >= 0.6 is 11.8 Å². The molecular weight excluding hydrogens is 256 g/mol. The van der Waals surface area contributed by atoms with E-state index in [1.807, 2.05) is 10.5 Å². The van der Waals surface area contributed by atoms with Crippen molar-refractivity contribution in [3.63, 3.8) is 0 Å². The van der Waals surface area contributed by atoms with E-state index in [1.165, 1.54) is 28.3 Å². The number of thioether (sulfide) groups is 1. The SMILES string of the molecule is Cc1cc2nnc(SCC#N)n2c2c(C)cccc12. The molecule has 0 aliphatic carbocycles. The van der Waals surface area contributed by atoms with Crippen LogP contribution in [0, 0.1) is 25.2 Å². The first-order chi connectivity index (χ1) is 9.22. The molecule has 0 unspecified atom stereocenters. The summed E-state index contributed by atoms with van der Waals surface area (Å²) in [4.78, 5) is 0. The number of nitrogens with zero attached hydrogens (tertiary/aromatic N) is 4. The molecule has 0 spiro atoms. The van der Waals surface area contributed by atoms with Crippen LogP contribution in [0.5, 0.6) is 0 Å². The molecule has 0 aliphatic rings. The van der Waals surface area contributed by atoms with Crippen LogP contribution in [0.4, 0.5) is 0 Å². The Labute approximate surface area is 115 Å². The van der Waals surface area contributed by atoms with E-state index in [4.69, 9.17) is 5.26 Å². The Bertz CT molecular complexity index is 814. The van der Waals surface area contributed by atoms with Gasteiger partial charge in [-0.15, -0.1) is 10.2 Å².